The van der Waals surface area contributed by atoms with Gasteiger partial charge in [0.15, 0.2) is 0 Å². The highest BCUT2D eigenvalue weighted by Crippen LogP contribution is 2.27. The molecule has 78 valence electrons. The van der Waals surface area contributed by atoms with Gasteiger partial charge in [0, 0.05) is 6.54 Å². The minimum absolute atomic E-state index is 0.103. The quantitative estimate of drug-likeness (QED) is 0.744. The SMILES string of the molecule is C=CC1=C(C(=C)F)CCOC1CNC. The van der Waals surface area contributed by atoms with Crippen LogP contribution in [0.3, 0.4) is 0 Å². The van der Waals surface area contributed by atoms with Gasteiger partial charge in [-0.15, -0.1) is 0 Å². The average molecular weight is 197 g/mol. The molecule has 0 aromatic heterocycles. The molecule has 0 fully saturated rings. The van der Waals surface area contributed by atoms with Crippen LogP contribution in [-0.2, 0) is 4.74 Å². The summed E-state index contributed by atoms with van der Waals surface area (Å²) in [5, 5.41) is 3.00. The van der Waals surface area contributed by atoms with Crippen molar-refractivity contribution in [3.63, 3.8) is 0 Å². The number of hydrogen-bond acceptors (Lipinski definition) is 2. The summed E-state index contributed by atoms with van der Waals surface area (Å²) in [4.78, 5) is 0. The number of halogens is 1. The molecule has 0 radical (unpaired) electrons. The van der Waals surface area contributed by atoms with Crippen LogP contribution in [0.15, 0.2) is 36.2 Å². The van der Waals surface area contributed by atoms with E-state index >= 15 is 0 Å². The van der Waals surface area contributed by atoms with Gasteiger partial charge in [-0.25, -0.2) is 4.39 Å². The molecule has 1 atom stereocenters. The van der Waals surface area contributed by atoms with E-state index in [1.165, 1.54) is 0 Å². The zero-order chi connectivity index (χ0) is 10.6. The number of rotatable bonds is 4. The summed E-state index contributed by atoms with van der Waals surface area (Å²) in [6.45, 7) is 8.21. The van der Waals surface area contributed by atoms with Crippen molar-refractivity contribution in [1.29, 1.82) is 0 Å². The van der Waals surface area contributed by atoms with Crippen LogP contribution in [0.4, 0.5) is 4.39 Å². The van der Waals surface area contributed by atoms with E-state index in [1.54, 1.807) is 6.08 Å². The molecule has 0 amide bonds. The van der Waals surface area contributed by atoms with E-state index in [1.807, 2.05) is 7.05 Å². The molecule has 0 aliphatic carbocycles. The lowest BCUT2D eigenvalue weighted by molar-refractivity contribution is 0.0712. The Morgan fingerprint density at radius 3 is 3.00 bits per heavy atom. The fourth-order valence-electron chi connectivity index (χ4n) is 1.63. The van der Waals surface area contributed by atoms with Crippen molar-refractivity contribution >= 4 is 0 Å². The molecule has 3 heteroatoms. The summed E-state index contributed by atoms with van der Waals surface area (Å²) in [5.41, 5.74) is 1.46. The third-order valence-corrected chi connectivity index (χ3v) is 2.30. The Morgan fingerprint density at radius 1 is 1.79 bits per heavy atom. The molecule has 0 spiro atoms. The second kappa shape index (κ2) is 5.08. The van der Waals surface area contributed by atoms with Crippen molar-refractivity contribution in [2.24, 2.45) is 0 Å². The van der Waals surface area contributed by atoms with Crippen LogP contribution in [-0.4, -0.2) is 26.3 Å². The molecule has 0 saturated carbocycles. The van der Waals surface area contributed by atoms with Crippen LogP contribution in [0.2, 0.25) is 0 Å². The predicted octanol–water partition coefficient (Wildman–Crippen LogP) is 1.96. The summed E-state index contributed by atoms with van der Waals surface area (Å²) in [5.74, 6) is -0.371. The number of allylic oxidation sites excluding steroid dienone is 1. The topological polar surface area (TPSA) is 21.3 Å². The van der Waals surface area contributed by atoms with Crippen LogP contribution in [0.5, 0.6) is 0 Å². The van der Waals surface area contributed by atoms with E-state index in [9.17, 15) is 4.39 Å². The minimum atomic E-state index is -0.371. The smallest absolute Gasteiger partial charge is 0.119 e. The molecule has 1 rings (SSSR count). The molecule has 1 N–H and O–H groups in total. The number of ether oxygens (including phenoxy) is 1. The lowest BCUT2D eigenvalue weighted by Gasteiger charge is -2.26. The summed E-state index contributed by atoms with van der Waals surface area (Å²) >= 11 is 0. The van der Waals surface area contributed by atoms with E-state index in [-0.39, 0.29) is 11.9 Å². The van der Waals surface area contributed by atoms with E-state index < -0.39 is 0 Å². The van der Waals surface area contributed by atoms with Crippen LogP contribution in [0.25, 0.3) is 0 Å². The highest BCUT2D eigenvalue weighted by Gasteiger charge is 2.22. The van der Waals surface area contributed by atoms with E-state index in [2.05, 4.69) is 18.5 Å². The Hall–Kier alpha value is -0.930. The molecule has 1 heterocycles. The molecule has 0 saturated heterocycles. The highest BCUT2D eigenvalue weighted by molar-refractivity contribution is 5.39. The molecular weight excluding hydrogens is 181 g/mol. The van der Waals surface area contributed by atoms with Gasteiger partial charge in [-0.2, -0.15) is 0 Å². The van der Waals surface area contributed by atoms with Gasteiger partial charge in [0.1, 0.15) is 5.83 Å². The third kappa shape index (κ3) is 2.30. The average Bonchev–Trinajstić information content (AvgIpc) is 2.18. The maximum absolute atomic E-state index is 13.1. The summed E-state index contributed by atoms with van der Waals surface area (Å²) in [6.07, 6.45) is 2.13. The fourth-order valence-corrected chi connectivity index (χ4v) is 1.63. The zero-order valence-corrected chi connectivity index (χ0v) is 8.48. The molecule has 14 heavy (non-hydrogen) atoms. The third-order valence-electron chi connectivity index (χ3n) is 2.30. The van der Waals surface area contributed by atoms with E-state index in [4.69, 9.17) is 4.74 Å². The van der Waals surface area contributed by atoms with Gasteiger partial charge >= 0.3 is 0 Å². The zero-order valence-electron chi connectivity index (χ0n) is 8.48. The first-order chi connectivity index (χ1) is 6.70. The molecule has 0 aromatic carbocycles. The molecule has 1 aliphatic heterocycles. The Morgan fingerprint density at radius 2 is 2.50 bits per heavy atom. The lowest BCUT2D eigenvalue weighted by Crippen LogP contribution is -2.32. The molecular formula is C11H16FNO. The molecule has 2 nitrogen and oxygen atoms in total. The molecule has 1 aliphatic rings. The van der Waals surface area contributed by atoms with Crippen molar-refractivity contribution in [2.45, 2.75) is 12.5 Å². The van der Waals surface area contributed by atoms with Crippen LogP contribution < -0.4 is 5.32 Å². The number of nitrogens with one attached hydrogen (secondary N) is 1. The molecule has 1 unspecified atom stereocenters. The second-order valence-corrected chi connectivity index (χ2v) is 3.21. The minimum Gasteiger partial charge on any atom is -0.372 e. The molecule has 0 bridgehead atoms. The van der Waals surface area contributed by atoms with Gasteiger partial charge in [-0.3, -0.25) is 0 Å². The van der Waals surface area contributed by atoms with Crippen LogP contribution >= 0.6 is 0 Å². The van der Waals surface area contributed by atoms with Gasteiger partial charge < -0.3 is 10.1 Å². The summed E-state index contributed by atoms with van der Waals surface area (Å²) in [7, 11) is 1.84. The van der Waals surface area contributed by atoms with Gasteiger partial charge in [0.25, 0.3) is 0 Å². The van der Waals surface area contributed by atoms with Crippen molar-refractivity contribution in [1.82, 2.24) is 5.32 Å². The van der Waals surface area contributed by atoms with Gasteiger partial charge in [-0.1, -0.05) is 19.2 Å². The van der Waals surface area contributed by atoms with Gasteiger partial charge in [0.2, 0.25) is 0 Å². The Balaban J connectivity index is 2.94. The van der Waals surface area contributed by atoms with Crippen LogP contribution in [0, 0.1) is 0 Å². The summed E-state index contributed by atoms with van der Waals surface area (Å²) in [6, 6.07) is 0. The van der Waals surface area contributed by atoms with E-state index in [0.717, 1.165) is 5.57 Å². The number of likely N-dealkylation sites (N-methyl/N-ethyl adjacent to an activating group) is 1. The fraction of sp³-hybridized carbons (Fsp3) is 0.455. The largest absolute Gasteiger partial charge is 0.372 e. The normalized spacial score (nSPS) is 22.3. The maximum Gasteiger partial charge on any atom is 0.119 e. The van der Waals surface area contributed by atoms with Crippen molar-refractivity contribution in [2.75, 3.05) is 20.2 Å². The predicted molar refractivity (Wildman–Crippen MR) is 55.8 cm³/mol. The van der Waals surface area contributed by atoms with E-state index in [0.29, 0.717) is 25.1 Å². The summed E-state index contributed by atoms with van der Waals surface area (Å²) < 4.78 is 18.6. The Labute approximate surface area is 84.1 Å². The van der Waals surface area contributed by atoms with Crippen LogP contribution in [0.1, 0.15) is 6.42 Å². The van der Waals surface area contributed by atoms with Crippen molar-refractivity contribution in [3.05, 3.63) is 36.2 Å². The standard InChI is InChI=1S/C11H16FNO/c1-4-9-10(8(2)12)5-6-14-11(9)7-13-3/h4,11,13H,1-2,5-7H2,3H3. The van der Waals surface area contributed by atoms with Crippen molar-refractivity contribution < 1.29 is 9.13 Å². The van der Waals surface area contributed by atoms with Gasteiger partial charge in [-0.05, 0) is 24.6 Å². The Bertz CT molecular complexity index is 270. The van der Waals surface area contributed by atoms with Gasteiger partial charge in [0.05, 0.1) is 12.7 Å². The number of hydrogen-bond donors (Lipinski definition) is 1. The first-order valence-corrected chi connectivity index (χ1v) is 4.67. The second-order valence-electron chi connectivity index (χ2n) is 3.21. The first-order valence-electron chi connectivity index (χ1n) is 4.67. The highest BCUT2D eigenvalue weighted by atomic mass is 19.1. The van der Waals surface area contributed by atoms with Crippen molar-refractivity contribution in [3.8, 4) is 0 Å². The lowest BCUT2D eigenvalue weighted by atomic mass is 9.97. The maximum atomic E-state index is 13.1. The first kappa shape index (κ1) is 11.1. The Kier molecular flexibility index (Phi) is 4.04. The monoisotopic (exact) mass is 197 g/mol. The molecule has 0 aromatic rings.